The molecule has 0 saturated carbocycles. The van der Waals surface area contributed by atoms with Crippen molar-refractivity contribution >= 4 is 26.2 Å². The Morgan fingerprint density at radius 2 is 1.21 bits per heavy atom. The van der Waals surface area contributed by atoms with E-state index in [9.17, 15) is 26.7 Å². The Balaban J connectivity index is 0.000000460. The van der Waals surface area contributed by atoms with Gasteiger partial charge in [0, 0.05) is 0 Å². The third-order valence-electron chi connectivity index (χ3n) is 2.41. The van der Waals surface area contributed by atoms with Gasteiger partial charge in [0.15, 0.2) is 0 Å². The van der Waals surface area contributed by atoms with Crippen LogP contribution in [0.5, 0.6) is 0 Å². The first kappa shape index (κ1) is 22.7. The molecule has 0 saturated heterocycles. The van der Waals surface area contributed by atoms with E-state index in [1.54, 1.807) is 18.2 Å². The fourth-order valence-electron chi connectivity index (χ4n) is 1.37. The third-order valence-corrected chi connectivity index (χ3v) is 4.11. The third kappa shape index (κ3) is 7.53. The molecule has 24 heavy (non-hydrogen) atoms. The molecule has 11 heteroatoms. The molecule has 0 spiro atoms. The molecule has 0 atom stereocenters. The Bertz CT molecular complexity index is 845. The van der Waals surface area contributed by atoms with Gasteiger partial charge in [-0.25, -0.2) is 0 Å². The van der Waals surface area contributed by atoms with Crippen LogP contribution in [0.15, 0.2) is 64.4 Å². The number of carbonyl (C=O) groups is 1. The van der Waals surface area contributed by atoms with Crippen LogP contribution in [-0.2, 0) is 20.2 Å². The molecule has 0 amide bonds. The summed E-state index contributed by atoms with van der Waals surface area (Å²) in [7, 11) is -8.92. The van der Waals surface area contributed by atoms with E-state index >= 15 is 0 Å². The summed E-state index contributed by atoms with van der Waals surface area (Å²) >= 11 is 0. The molecule has 0 bridgehead atoms. The summed E-state index contributed by atoms with van der Waals surface area (Å²) in [6, 6.07) is 11.8. The van der Waals surface area contributed by atoms with Crippen LogP contribution in [-0.4, -0.2) is 31.9 Å². The van der Waals surface area contributed by atoms with Crippen LogP contribution < -0.4 is 34.7 Å². The summed E-state index contributed by atoms with van der Waals surface area (Å²) in [6.45, 7) is 0. The zero-order valence-electron chi connectivity index (χ0n) is 12.4. The first-order valence-corrected chi connectivity index (χ1v) is 8.71. The summed E-state index contributed by atoms with van der Waals surface area (Å²) in [5.74, 6) is -1.13. The number of rotatable bonds is 3. The van der Waals surface area contributed by atoms with Crippen molar-refractivity contribution in [1.29, 1.82) is 0 Å². The van der Waals surface area contributed by atoms with Crippen molar-refractivity contribution in [2.24, 2.45) is 0 Å². The predicted molar refractivity (Wildman–Crippen MR) is 76.8 cm³/mol. The molecule has 0 aliphatic heterocycles. The van der Waals surface area contributed by atoms with Crippen LogP contribution in [0.1, 0.15) is 10.4 Å². The van der Waals surface area contributed by atoms with Gasteiger partial charge in [-0.15, -0.1) is 0 Å². The molecule has 0 aliphatic rings. The zero-order chi connectivity index (χ0) is 17.7. The molecule has 0 heterocycles. The Labute approximate surface area is 160 Å². The van der Waals surface area contributed by atoms with Gasteiger partial charge in [-0.1, -0.05) is 36.4 Å². The zero-order valence-corrected chi connectivity index (χ0v) is 16.0. The van der Waals surface area contributed by atoms with Crippen molar-refractivity contribution in [1.82, 2.24) is 0 Å². The van der Waals surface area contributed by atoms with Crippen LogP contribution in [0.4, 0.5) is 0 Å². The van der Waals surface area contributed by atoms with Gasteiger partial charge in [-0.2, -0.15) is 16.8 Å². The van der Waals surface area contributed by atoms with E-state index in [2.05, 4.69) is 0 Å². The largest absolute Gasteiger partial charge is 1.00 e. The Kier molecular flexibility index (Phi) is 8.78. The molecule has 2 aromatic carbocycles. The smallest absolute Gasteiger partial charge is 0.545 e. The minimum atomic E-state index is -4.46. The van der Waals surface area contributed by atoms with Crippen molar-refractivity contribution in [3.05, 3.63) is 60.2 Å². The van der Waals surface area contributed by atoms with Gasteiger partial charge in [0.1, 0.15) is 0 Å². The number of carboxylic acids is 1. The second kappa shape index (κ2) is 9.28. The van der Waals surface area contributed by atoms with Gasteiger partial charge in [0.05, 0.1) is 15.8 Å². The molecule has 0 fully saturated rings. The molecule has 8 nitrogen and oxygen atoms in total. The average Bonchev–Trinajstić information content (AvgIpc) is 2.47. The van der Waals surface area contributed by atoms with Crippen LogP contribution >= 0.6 is 0 Å². The quantitative estimate of drug-likeness (QED) is 0.428. The minimum absolute atomic E-state index is 0. The molecule has 2 rings (SSSR count). The summed E-state index contributed by atoms with van der Waals surface area (Å²) in [4.78, 5) is 8.91. The molecule has 0 unspecified atom stereocenters. The molecular formula is C13H11NaO8S2. The molecule has 2 aromatic rings. The van der Waals surface area contributed by atoms with E-state index in [0.717, 1.165) is 18.2 Å². The SMILES string of the molecule is O=C([O-])c1ccccc1.O=S(=O)(O)c1cccc(S(=O)(=O)O)c1.[Na+]. The van der Waals surface area contributed by atoms with Gasteiger partial charge < -0.3 is 9.90 Å². The molecular weight excluding hydrogens is 371 g/mol. The Morgan fingerprint density at radius 3 is 1.50 bits per heavy atom. The number of aromatic carboxylic acids is 1. The summed E-state index contributed by atoms with van der Waals surface area (Å²) < 4.78 is 59.5. The molecule has 0 radical (unpaired) electrons. The monoisotopic (exact) mass is 382 g/mol. The number of carbonyl (C=O) groups excluding carboxylic acids is 1. The fourth-order valence-corrected chi connectivity index (χ4v) is 2.50. The number of hydrogen-bond donors (Lipinski definition) is 2. The predicted octanol–water partition coefficient (Wildman–Crippen LogP) is -2.77. The van der Waals surface area contributed by atoms with Gasteiger partial charge in [0.2, 0.25) is 0 Å². The topological polar surface area (TPSA) is 149 Å². The molecule has 0 aromatic heterocycles. The molecule has 124 valence electrons. The normalized spacial score (nSPS) is 10.8. The van der Waals surface area contributed by atoms with E-state index in [-0.39, 0.29) is 35.1 Å². The van der Waals surface area contributed by atoms with Gasteiger partial charge >= 0.3 is 29.6 Å². The maximum absolute atomic E-state index is 10.6. The van der Waals surface area contributed by atoms with Gasteiger partial charge in [-0.3, -0.25) is 9.11 Å². The van der Waals surface area contributed by atoms with E-state index in [0.29, 0.717) is 6.07 Å². The van der Waals surface area contributed by atoms with Crippen molar-refractivity contribution in [3.63, 3.8) is 0 Å². The van der Waals surface area contributed by atoms with E-state index in [1.165, 1.54) is 12.1 Å². The second-order valence-corrected chi connectivity index (χ2v) is 6.92. The first-order chi connectivity index (χ1) is 10.5. The van der Waals surface area contributed by atoms with Crippen LogP contribution in [0.25, 0.3) is 0 Å². The molecule has 0 aliphatic carbocycles. The average molecular weight is 382 g/mol. The van der Waals surface area contributed by atoms with Crippen LogP contribution in [0.3, 0.4) is 0 Å². The fraction of sp³-hybridized carbons (Fsp3) is 0. The van der Waals surface area contributed by atoms with Crippen LogP contribution in [0.2, 0.25) is 0 Å². The van der Waals surface area contributed by atoms with Crippen molar-refractivity contribution in [2.45, 2.75) is 9.79 Å². The second-order valence-electron chi connectivity index (χ2n) is 4.08. The van der Waals surface area contributed by atoms with Crippen molar-refractivity contribution in [3.8, 4) is 0 Å². The van der Waals surface area contributed by atoms with Gasteiger partial charge in [-0.05, 0) is 23.8 Å². The Hall–Kier alpha value is -1.27. The van der Waals surface area contributed by atoms with Crippen molar-refractivity contribution < 1.29 is 65.4 Å². The number of benzene rings is 2. The van der Waals surface area contributed by atoms with E-state index in [4.69, 9.17) is 9.11 Å². The summed E-state index contributed by atoms with van der Waals surface area (Å²) in [5.41, 5.74) is 0.220. The first-order valence-electron chi connectivity index (χ1n) is 5.83. The molecule has 2 N–H and O–H groups in total. The van der Waals surface area contributed by atoms with E-state index in [1.807, 2.05) is 0 Å². The maximum Gasteiger partial charge on any atom is 1.00 e. The van der Waals surface area contributed by atoms with Crippen LogP contribution in [0, 0.1) is 0 Å². The number of hydrogen-bond acceptors (Lipinski definition) is 6. The van der Waals surface area contributed by atoms with Crippen molar-refractivity contribution in [2.75, 3.05) is 0 Å². The van der Waals surface area contributed by atoms with E-state index < -0.39 is 36.0 Å². The minimum Gasteiger partial charge on any atom is -0.545 e. The maximum atomic E-state index is 10.6. The van der Waals surface area contributed by atoms with Gasteiger partial charge in [0.25, 0.3) is 20.2 Å². The Morgan fingerprint density at radius 1 is 0.792 bits per heavy atom. The summed E-state index contributed by atoms with van der Waals surface area (Å²) in [6.07, 6.45) is 0. The standard InChI is InChI=1S/C7H6O2.C6H6O6S2.Na/c8-7(9)6-4-2-1-3-5-6;7-13(8,9)5-2-1-3-6(4-5)14(10,11)12;/h1-5H,(H,8,9);1-4H,(H,7,8,9)(H,10,11,12);/q;;+1/p-1. The summed E-state index contributed by atoms with van der Waals surface area (Å²) in [5, 5.41) is 10.1. The number of carboxylic acid groups (broad SMARTS) is 1.